The van der Waals surface area contributed by atoms with Crippen molar-refractivity contribution in [3.8, 4) is 0 Å². The summed E-state index contributed by atoms with van der Waals surface area (Å²) in [7, 11) is 0. The summed E-state index contributed by atoms with van der Waals surface area (Å²) in [5.41, 5.74) is 6.01. The van der Waals surface area contributed by atoms with Crippen LogP contribution < -0.4 is 11.1 Å². The maximum absolute atomic E-state index is 12.4. The fourth-order valence-corrected chi connectivity index (χ4v) is 3.12. The van der Waals surface area contributed by atoms with Gasteiger partial charge in [-0.3, -0.25) is 4.79 Å². The highest BCUT2D eigenvalue weighted by Crippen LogP contribution is 2.29. The number of nitrogens with one attached hydrogen (secondary N) is 1. The summed E-state index contributed by atoms with van der Waals surface area (Å²) in [6.07, 6.45) is 8.76. The van der Waals surface area contributed by atoms with Gasteiger partial charge in [0.05, 0.1) is 0 Å². The molecule has 0 radical (unpaired) electrons. The molecule has 1 aliphatic rings. The van der Waals surface area contributed by atoms with E-state index < -0.39 is 0 Å². The second-order valence-corrected chi connectivity index (χ2v) is 6.29. The highest BCUT2D eigenvalue weighted by atomic mass is 16.2. The number of nitrogens with two attached hydrogens (primary N) is 1. The minimum absolute atomic E-state index is 0.129. The van der Waals surface area contributed by atoms with Crippen molar-refractivity contribution in [2.24, 2.45) is 17.6 Å². The molecular weight excluding hydrogens is 236 g/mol. The Morgan fingerprint density at radius 3 is 2.63 bits per heavy atom. The van der Waals surface area contributed by atoms with Gasteiger partial charge in [-0.1, -0.05) is 40.0 Å². The predicted octanol–water partition coefficient (Wildman–Crippen LogP) is 3.23. The molecule has 0 saturated heterocycles. The topological polar surface area (TPSA) is 55.1 Å². The maximum atomic E-state index is 12.4. The summed E-state index contributed by atoms with van der Waals surface area (Å²) in [6.45, 7) is 6.58. The van der Waals surface area contributed by atoms with Crippen molar-refractivity contribution in [2.75, 3.05) is 0 Å². The molecule has 3 N–H and O–H groups in total. The molecule has 4 unspecified atom stereocenters. The summed E-state index contributed by atoms with van der Waals surface area (Å²) < 4.78 is 0. The number of hydrogen-bond acceptors (Lipinski definition) is 2. The smallest absolute Gasteiger partial charge is 0.223 e. The van der Waals surface area contributed by atoms with Gasteiger partial charge in [0.1, 0.15) is 0 Å². The Morgan fingerprint density at radius 1 is 1.26 bits per heavy atom. The molecule has 3 heteroatoms. The van der Waals surface area contributed by atoms with Gasteiger partial charge in [-0.2, -0.15) is 0 Å². The first kappa shape index (κ1) is 16.5. The van der Waals surface area contributed by atoms with Crippen LogP contribution in [0.5, 0.6) is 0 Å². The quantitative estimate of drug-likeness (QED) is 0.745. The van der Waals surface area contributed by atoms with Crippen molar-refractivity contribution in [2.45, 2.75) is 84.2 Å². The summed E-state index contributed by atoms with van der Waals surface area (Å²) in [5, 5.41) is 3.28. The second-order valence-electron chi connectivity index (χ2n) is 6.29. The third-order valence-electron chi connectivity index (χ3n) is 4.46. The molecule has 0 spiro atoms. The third-order valence-corrected chi connectivity index (χ3v) is 4.46. The van der Waals surface area contributed by atoms with Crippen LogP contribution in [-0.2, 0) is 4.79 Å². The molecule has 19 heavy (non-hydrogen) atoms. The van der Waals surface area contributed by atoms with Crippen LogP contribution in [0.15, 0.2) is 0 Å². The van der Waals surface area contributed by atoms with E-state index in [0.29, 0.717) is 12.0 Å². The minimum atomic E-state index is 0.129. The highest BCUT2D eigenvalue weighted by Gasteiger charge is 2.31. The van der Waals surface area contributed by atoms with E-state index in [1.807, 2.05) is 0 Å². The number of amides is 1. The average Bonchev–Trinajstić information content (AvgIpc) is 2.39. The van der Waals surface area contributed by atoms with Gasteiger partial charge in [0.15, 0.2) is 0 Å². The number of carbonyl (C=O) groups excluding carboxylic acids is 1. The summed E-state index contributed by atoms with van der Waals surface area (Å²) in [5.74, 6) is 0.857. The number of rotatable bonds is 7. The molecule has 0 aromatic heterocycles. The molecular formula is C16H32N2O. The molecule has 0 aromatic rings. The van der Waals surface area contributed by atoms with Gasteiger partial charge in [-0.15, -0.1) is 0 Å². The molecule has 0 heterocycles. The van der Waals surface area contributed by atoms with Gasteiger partial charge < -0.3 is 11.1 Å². The highest BCUT2D eigenvalue weighted by molar-refractivity contribution is 5.79. The van der Waals surface area contributed by atoms with Crippen LogP contribution in [-0.4, -0.2) is 18.0 Å². The van der Waals surface area contributed by atoms with E-state index in [1.54, 1.807) is 0 Å². The normalized spacial score (nSPS) is 28.9. The number of hydrogen-bond donors (Lipinski definition) is 2. The fraction of sp³-hybridized carbons (Fsp3) is 0.938. The number of unbranched alkanes of at least 4 members (excludes halogenated alkanes) is 1. The lowest BCUT2D eigenvalue weighted by molar-refractivity contribution is -0.128. The molecule has 1 rings (SSSR count). The Morgan fingerprint density at radius 2 is 2.00 bits per heavy atom. The maximum Gasteiger partial charge on any atom is 0.223 e. The van der Waals surface area contributed by atoms with Crippen LogP contribution in [0, 0.1) is 11.8 Å². The monoisotopic (exact) mass is 268 g/mol. The van der Waals surface area contributed by atoms with Crippen LogP contribution in [0.3, 0.4) is 0 Å². The van der Waals surface area contributed by atoms with Crippen LogP contribution in [0.1, 0.15) is 72.1 Å². The van der Waals surface area contributed by atoms with Crippen LogP contribution in [0.4, 0.5) is 0 Å². The van der Waals surface area contributed by atoms with E-state index in [-0.39, 0.29) is 17.9 Å². The Bertz CT molecular complexity index is 267. The lowest BCUT2D eigenvalue weighted by atomic mass is 9.77. The second kappa shape index (κ2) is 8.57. The van der Waals surface area contributed by atoms with Crippen LogP contribution >= 0.6 is 0 Å². The van der Waals surface area contributed by atoms with Crippen molar-refractivity contribution in [1.82, 2.24) is 5.32 Å². The molecule has 1 fully saturated rings. The van der Waals surface area contributed by atoms with Gasteiger partial charge in [0.25, 0.3) is 0 Å². The molecule has 0 aromatic carbocycles. The molecule has 1 saturated carbocycles. The zero-order valence-corrected chi connectivity index (χ0v) is 13.0. The average molecular weight is 268 g/mol. The van der Waals surface area contributed by atoms with E-state index in [9.17, 15) is 4.79 Å². The molecule has 1 amide bonds. The molecule has 3 nitrogen and oxygen atoms in total. The van der Waals surface area contributed by atoms with Gasteiger partial charge in [-0.25, -0.2) is 0 Å². The standard InChI is InChI=1S/C16H32N2O/c1-4-6-8-14(7-5-2)18-16(19)15-11-13(17)10-9-12(15)3/h12-15H,4-11,17H2,1-3H3,(H,18,19). The summed E-state index contributed by atoms with van der Waals surface area (Å²) in [6, 6.07) is 0.579. The van der Waals surface area contributed by atoms with Gasteiger partial charge in [-0.05, 0) is 38.0 Å². The van der Waals surface area contributed by atoms with E-state index in [2.05, 4.69) is 26.1 Å². The SMILES string of the molecule is CCCCC(CCC)NC(=O)C1CC(N)CCC1C. The van der Waals surface area contributed by atoms with Gasteiger partial charge in [0.2, 0.25) is 5.91 Å². The zero-order valence-electron chi connectivity index (χ0n) is 13.0. The molecule has 1 aliphatic carbocycles. The van der Waals surface area contributed by atoms with Crippen molar-refractivity contribution in [1.29, 1.82) is 0 Å². The van der Waals surface area contributed by atoms with E-state index >= 15 is 0 Å². The van der Waals surface area contributed by atoms with E-state index in [1.165, 1.54) is 12.8 Å². The Hall–Kier alpha value is -0.570. The first-order valence-electron chi connectivity index (χ1n) is 8.14. The summed E-state index contributed by atoms with van der Waals surface area (Å²) >= 11 is 0. The molecule has 4 atom stereocenters. The lowest BCUT2D eigenvalue weighted by Crippen LogP contribution is -2.45. The fourth-order valence-electron chi connectivity index (χ4n) is 3.12. The van der Waals surface area contributed by atoms with Crippen LogP contribution in [0.25, 0.3) is 0 Å². The van der Waals surface area contributed by atoms with Gasteiger partial charge >= 0.3 is 0 Å². The van der Waals surface area contributed by atoms with Gasteiger partial charge in [0, 0.05) is 18.0 Å². The number of carbonyl (C=O) groups is 1. The Balaban J connectivity index is 2.49. The van der Waals surface area contributed by atoms with Crippen molar-refractivity contribution in [3.05, 3.63) is 0 Å². The first-order chi connectivity index (χ1) is 9.08. The van der Waals surface area contributed by atoms with Crippen molar-refractivity contribution >= 4 is 5.91 Å². The summed E-state index contributed by atoms with van der Waals surface area (Å²) in [4.78, 5) is 12.4. The first-order valence-corrected chi connectivity index (χ1v) is 8.14. The third kappa shape index (κ3) is 5.52. The van der Waals surface area contributed by atoms with Crippen molar-refractivity contribution in [3.63, 3.8) is 0 Å². The lowest BCUT2D eigenvalue weighted by Gasteiger charge is -2.32. The van der Waals surface area contributed by atoms with Crippen LogP contribution in [0.2, 0.25) is 0 Å². The largest absolute Gasteiger partial charge is 0.353 e. The zero-order chi connectivity index (χ0) is 14.3. The minimum Gasteiger partial charge on any atom is -0.353 e. The van der Waals surface area contributed by atoms with E-state index in [4.69, 9.17) is 5.73 Å². The Kier molecular flexibility index (Phi) is 7.44. The molecule has 0 bridgehead atoms. The molecule has 112 valence electrons. The predicted molar refractivity (Wildman–Crippen MR) is 80.8 cm³/mol. The van der Waals surface area contributed by atoms with Crippen molar-refractivity contribution < 1.29 is 4.79 Å². The van der Waals surface area contributed by atoms with E-state index in [0.717, 1.165) is 38.5 Å². The Labute approximate surface area is 118 Å². The molecule has 0 aliphatic heterocycles.